The molecule has 0 radical (unpaired) electrons. The number of carbonyl (C=O) groups excluding carboxylic acids is 1. The molecule has 2 aromatic rings. The number of benzene rings is 1. The van der Waals surface area contributed by atoms with Crippen molar-refractivity contribution in [3.05, 3.63) is 53.3 Å². The summed E-state index contributed by atoms with van der Waals surface area (Å²) in [4.78, 5) is 16.8. The SMILES string of the molecule is Cc1cccc(N2CCN(C(=O)Cc3ccn(C)c3)CC2)c1C. The third-order valence-corrected chi connectivity index (χ3v) is 4.80. The monoisotopic (exact) mass is 311 g/mol. The normalized spacial score (nSPS) is 15.1. The predicted octanol–water partition coefficient (Wildman–Crippen LogP) is 2.53. The van der Waals surface area contributed by atoms with E-state index in [-0.39, 0.29) is 5.91 Å². The number of hydrogen-bond acceptors (Lipinski definition) is 2. The van der Waals surface area contributed by atoms with Crippen LogP contribution in [0.2, 0.25) is 0 Å². The number of rotatable bonds is 3. The Morgan fingerprint density at radius 1 is 1.09 bits per heavy atom. The molecular weight excluding hydrogens is 286 g/mol. The summed E-state index contributed by atoms with van der Waals surface area (Å²) >= 11 is 0. The second-order valence-corrected chi connectivity index (χ2v) is 6.45. The molecule has 1 fully saturated rings. The average Bonchev–Trinajstić information content (AvgIpc) is 2.95. The van der Waals surface area contributed by atoms with E-state index in [1.807, 2.05) is 35.0 Å². The number of amides is 1. The molecule has 1 aliphatic heterocycles. The molecule has 0 atom stereocenters. The van der Waals surface area contributed by atoms with Crippen LogP contribution in [0.25, 0.3) is 0 Å². The van der Waals surface area contributed by atoms with Crippen LogP contribution in [0.4, 0.5) is 5.69 Å². The minimum atomic E-state index is 0.233. The lowest BCUT2D eigenvalue weighted by Gasteiger charge is -2.37. The quantitative estimate of drug-likeness (QED) is 0.871. The second-order valence-electron chi connectivity index (χ2n) is 6.45. The molecule has 122 valence electrons. The summed E-state index contributed by atoms with van der Waals surface area (Å²) in [6, 6.07) is 8.47. The zero-order valence-electron chi connectivity index (χ0n) is 14.2. The molecule has 1 aliphatic rings. The molecular formula is C19H25N3O. The van der Waals surface area contributed by atoms with Crippen molar-refractivity contribution in [3.63, 3.8) is 0 Å². The summed E-state index contributed by atoms with van der Waals surface area (Å²) < 4.78 is 1.99. The lowest BCUT2D eigenvalue weighted by atomic mass is 10.1. The standard InChI is InChI=1S/C19H25N3O/c1-15-5-4-6-18(16(15)2)21-9-11-22(12-10-21)19(23)13-17-7-8-20(3)14-17/h4-8,14H,9-13H2,1-3H3. The smallest absolute Gasteiger partial charge is 0.227 e. The third-order valence-electron chi connectivity index (χ3n) is 4.80. The second kappa shape index (κ2) is 6.49. The highest BCUT2D eigenvalue weighted by Crippen LogP contribution is 2.24. The summed E-state index contributed by atoms with van der Waals surface area (Å²) in [6.45, 7) is 7.75. The number of piperazine rings is 1. The molecule has 0 aliphatic carbocycles. The molecule has 1 saturated heterocycles. The molecule has 23 heavy (non-hydrogen) atoms. The van der Waals surface area contributed by atoms with E-state index in [9.17, 15) is 4.79 Å². The van der Waals surface area contributed by atoms with Gasteiger partial charge in [-0.3, -0.25) is 4.79 Å². The van der Waals surface area contributed by atoms with Gasteiger partial charge in [-0.15, -0.1) is 0 Å². The lowest BCUT2D eigenvalue weighted by molar-refractivity contribution is -0.130. The minimum Gasteiger partial charge on any atom is -0.368 e. The van der Waals surface area contributed by atoms with Crippen molar-refractivity contribution in [2.24, 2.45) is 7.05 Å². The molecule has 0 N–H and O–H groups in total. The van der Waals surface area contributed by atoms with Gasteiger partial charge < -0.3 is 14.4 Å². The third kappa shape index (κ3) is 3.41. The first-order valence-electron chi connectivity index (χ1n) is 8.24. The number of aromatic nitrogens is 1. The van der Waals surface area contributed by atoms with E-state index in [1.54, 1.807) is 0 Å². The minimum absolute atomic E-state index is 0.233. The maximum atomic E-state index is 12.4. The fourth-order valence-corrected chi connectivity index (χ4v) is 3.23. The Morgan fingerprint density at radius 3 is 2.48 bits per heavy atom. The van der Waals surface area contributed by atoms with E-state index in [0.29, 0.717) is 6.42 Å². The number of anilines is 1. The van der Waals surface area contributed by atoms with E-state index in [4.69, 9.17) is 0 Å². The van der Waals surface area contributed by atoms with Crippen LogP contribution in [0.1, 0.15) is 16.7 Å². The lowest BCUT2D eigenvalue weighted by Crippen LogP contribution is -2.49. The highest BCUT2D eigenvalue weighted by Gasteiger charge is 2.22. The van der Waals surface area contributed by atoms with Gasteiger partial charge in [-0.25, -0.2) is 0 Å². The maximum Gasteiger partial charge on any atom is 0.227 e. The van der Waals surface area contributed by atoms with Gasteiger partial charge in [0.2, 0.25) is 5.91 Å². The van der Waals surface area contributed by atoms with Crippen LogP contribution in [0.3, 0.4) is 0 Å². The molecule has 4 heteroatoms. The number of nitrogens with zero attached hydrogens (tertiary/aromatic N) is 3. The van der Waals surface area contributed by atoms with E-state index in [1.165, 1.54) is 16.8 Å². The maximum absolute atomic E-state index is 12.4. The van der Waals surface area contributed by atoms with Crippen molar-refractivity contribution < 1.29 is 4.79 Å². The van der Waals surface area contributed by atoms with Gasteiger partial charge in [0.15, 0.2) is 0 Å². The molecule has 1 aromatic carbocycles. The van der Waals surface area contributed by atoms with Crippen molar-refractivity contribution in [2.45, 2.75) is 20.3 Å². The number of aryl methyl sites for hydroxylation is 2. The molecule has 0 unspecified atom stereocenters. The van der Waals surface area contributed by atoms with Crippen LogP contribution < -0.4 is 4.90 Å². The van der Waals surface area contributed by atoms with Gasteiger partial charge in [0.25, 0.3) is 0 Å². The van der Waals surface area contributed by atoms with Gasteiger partial charge in [0, 0.05) is 51.3 Å². The Hall–Kier alpha value is -2.23. The van der Waals surface area contributed by atoms with Crippen LogP contribution in [-0.4, -0.2) is 41.6 Å². The first-order valence-corrected chi connectivity index (χ1v) is 8.24. The Balaban J connectivity index is 1.59. The van der Waals surface area contributed by atoms with Crippen LogP contribution in [0.15, 0.2) is 36.7 Å². The van der Waals surface area contributed by atoms with E-state index in [0.717, 1.165) is 31.7 Å². The Labute approximate surface area is 138 Å². The molecule has 1 aromatic heterocycles. The zero-order chi connectivity index (χ0) is 16.4. The molecule has 4 nitrogen and oxygen atoms in total. The van der Waals surface area contributed by atoms with E-state index >= 15 is 0 Å². The fraction of sp³-hybridized carbons (Fsp3) is 0.421. The Kier molecular flexibility index (Phi) is 4.42. The summed E-state index contributed by atoms with van der Waals surface area (Å²) in [7, 11) is 1.98. The van der Waals surface area contributed by atoms with E-state index in [2.05, 4.69) is 36.9 Å². The summed E-state index contributed by atoms with van der Waals surface area (Å²) in [5.41, 5.74) is 5.07. The van der Waals surface area contributed by atoms with Crippen molar-refractivity contribution in [3.8, 4) is 0 Å². The van der Waals surface area contributed by atoms with Gasteiger partial charge in [0.1, 0.15) is 0 Å². The molecule has 0 saturated carbocycles. The highest BCUT2D eigenvalue weighted by atomic mass is 16.2. The summed E-state index contributed by atoms with van der Waals surface area (Å²) in [6.07, 6.45) is 4.51. The van der Waals surface area contributed by atoms with Crippen molar-refractivity contribution in [2.75, 3.05) is 31.1 Å². The predicted molar refractivity (Wildman–Crippen MR) is 93.8 cm³/mol. The van der Waals surface area contributed by atoms with Crippen LogP contribution in [0.5, 0.6) is 0 Å². The van der Waals surface area contributed by atoms with Crippen molar-refractivity contribution >= 4 is 11.6 Å². The number of carbonyl (C=O) groups is 1. The first kappa shape index (κ1) is 15.7. The van der Waals surface area contributed by atoms with Crippen LogP contribution in [-0.2, 0) is 18.3 Å². The van der Waals surface area contributed by atoms with Crippen LogP contribution in [0, 0.1) is 13.8 Å². The topological polar surface area (TPSA) is 28.5 Å². The van der Waals surface area contributed by atoms with Gasteiger partial charge in [-0.2, -0.15) is 0 Å². The first-order chi connectivity index (χ1) is 11.0. The molecule has 0 spiro atoms. The summed E-state index contributed by atoms with van der Waals surface area (Å²) in [5, 5.41) is 0. The van der Waals surface area contributed by atoms with Gasteiger partial charge in [-0.1, -0.05) is 12.1 Å². The van der Waals surface area contributed by atoms with Gasteiger partial charge >= 0.3 is 0 Å². The average molecular weight is 311 g/mol. The zero-order valence-corrected chi connectivity index (χ0v) is 14.2. The molecule has 1 amide bonds. The van der Waals surface area contributed by atoms with Crippen LogP contribution >= 0.6 is 0 Å². The number of hydrogen-bond donors (Lipinski definition) is 0. The van der Waals surface area contributed by atoms with E-state index < -0.39 is 0 Å². The highest BCUT2D eigenvalue weighted by molar-refractivity contribution is 5.79. The molecule has 3 rings (SSSR count). The van der Waals surface area contributed by atoms with Crippen molar-refractivity contribution in [1.82, 2.24) is 9.47 Å². The fourth-order valence-electron chi connectivity index (χ4n) is 3.23. The Bertz CT molecular complexity index is 696. The Morgan fingerprint density at radius 2 is 1.83 bits per heavy atom. The molecule has 0 bridgehead atoms. The van der Waals surface area contributed by atoms with Gasteiger partial charge in [0.05, 0.1) is 6.42 Å². The largest absolute Gasteiger partial charge is 0.368 e. The molecule has 2 heterocycles. The summed E-state index contributed by atoms with van der Waals surface area (Å²) in [5.74, 6) is 0.233. The van der Waals surface area contributed by atoms with Gasteiger partial charge in [-0.05, 0) is 42.7 Å². The van der Waals surface area contributed by atoms with Crippen molar-refractivity contribution in [1.29, 1.82) is 0 Å².